The number of ether oxygens (including phenoxy) is 1. The summed E-state index contributed by atoms with van der Waals surface area (Å²) in [6.45, 7) is 5.28. The maximum atomic E-state index is 10.0. The second-order valence-electron chi connectivity index (χ2n) is 3.13. The van der Waals surface area contributed by atoms with E-state index in [1.807, 2.05) is 0 Å². The molecule has 0 aromatic rings. The number of carbonyl (C=O) groups is 1. The molecule has 7 nitrogen and oxygen atoms in total. The Balaban J connectivity index is 0. The van der Waals surface area contributed by atoms with Crippen molar-refractivity contribution in [1.82, 2.24) is 0 Å². The van der Waals surface area contributed by atoms with E-state index in [4.69, 9.17) is 10.3 Å². The van der Waals surface area contributed by atoms with Gasteiger partial charge in [-0.25, -0.2) is 4.79 Å². The zero-order valence-corrected chi connectivity index (χ0v) is 9.29. The highest BCUT2D eigenvalue weighted by molar-refractivity contribution is 7.80. The lowest BCUT2D eigenvalue weighted by molar-refractivity contribution is 0.0600. The van der Waals surface area contributed by atoms with Crippen LogP contribution in [0, 0.1) is 0 Å². The number of rotatable bonds is 1. The first-order valence-corrected chi connectivity index (χ1v) is 4.86. The van der Waals surface area contributed by atoms with Crippen molar-refractivity contribution in [2.24, 2.45) is 5.73 Å². The number of carbonyl (C=O) groups excluding carboxylic acids is 1. The molecule has 0 heterocycles. The minimum absolute atomic E-state index is 0.453. The molecule has 8 heteroatoms. The average molecular weight is 229 g/mol. The third-order valence-corrected chi connectivity index (χ3v) is 1.04. The number of hydrogen-bond acceptors (Lipinski definition) is 5. The van der Waals surface area contributed by atoms with Crippen LogP contribution in [-0.2, 0) is 19.3 Å². The Morgan fingerprint density at radius 1 is 1.36 bits per heavy atom. The van der Waals surface area contributed by atoms with Gasteiger partial charge < -0.3 is 10.5 Å². The Labute approximate surface area is 83.1 Å². The van der Waals surface area contributed by atoms with Crippen molar-refractivity contribution < 1.29 is 26.7 Å². The van der Waals surface area contributed by atoms with Crippen molar-refractivity contribution in [3.8, 4) is 0 Å². The molecule has 0 unspecified atom stereocenters. The van der Waals surface area contributed by atoms with E-state index >= 15 is 0 Å². The lowest BCUT2D eigenvalue weighted by atomic mass is 10.2. The van der Waals surface area contributed by atoms with Crippen LogP contribution in [0.25, 0.3) is 0 Å². The first kappa shape index (κ1) is 15.6. The summed E-state index contributed by atoms with van der Waals surface area (Å²) in [5, 5.41) is 0. The molecule has 0 aliphatic rings. The predicted octanol–water partition coefficient (Wildman–Crippen LogP) is 0.316. The fraction of sp³-hybridized carbons (Fsp3) is 0.833. The van der Waals surface area contributed by atoms with Crippen molar-refractivity contribution >= 4 is 16.5 Å². The molecular weight excluding hydrogens is 214 g/mol. The highest BCUT2D eigenvalue weighted by Crippen LogP contribution is 2.04. The Hall–Kier alpha value is -0.860. The molecule has 0 saturated heterocycles. The molecule has 0 aromatic carbocycles. The third kappa shape index (κ3) is 22.5. The van der Waals surface area contributed by atoms with Gasteiger partial charge in [0.2, 0.25) is 0 Å². The van der Waals surface area contributed by atoms with Crippen molar-refractivity contribution in [1.29, 1.82) is 0 Å². The summed E-state index contributed by atoms with van der Waals surface area (Å²) in [5.74, 6) is 0. The number of nitrogens with two attached hydrogens (primary N) is 1. The normalized spacial score (nSPS) is 11.2. The van der Waals surface area contributed by atoms with E-state index in [0.717, 1.165) is 7.11 Å². The van der Waals surface area contributed by atoms with Crippen LogP contribution in [0.15, 0.2) is 0 Å². The van der Waals surface area contributed by atoms with Crippen LogP contribution >= 0.6 is 0 Å². The molecule has 0 atom stereocenters. The van der Waals surface area contributed by atoms with Crippen LogP contribution in [0.4, 0.5) is 4.79 Å². The van der Waals surface area contributed by atoms with Gasteiger partial charge in [-0.3, -0.25) is 8.74 Å². The first-order chi connectivity index (χ1) is 5.98. The van der Waals surface area contributed by atoms with Crippen LogP contribution in [0.5, 0.6) is 0 Å². The molecule has 0 spiro atoms. The molecule has 0 aliphatic carbocycles. The van der Waals surface area contributed by atoms with Crippen LogP contribution in [-0.4, -0.2) is 31.8 Å². The van der Waals surface area contributed by atoms with Crippen molar-refractivity contribution in [2.75, 3.05) is 7.11 Å². The molecule has 1 amide bonds. The summed E-state index contributed by atoms with van der Waals surface area (Å²) in [6, 6.07) is 0. The van der Waals surface area contributed by atoms with Crippen LogP contribution in [0.2, 0.25) is 0 Å². The van der Waals surface area contributed by atoms with Gasteiger partial charge in [0.15, 0.2) is 0 Å². The molecule has 14 heavy (non-hydrogen) atoms. The van der Waals surface area contributed by atoms with E-state index < -0.39 is 22.1 Å². The summed E-state index contributed by atoms with van der Waals surface area (Å²) in [6.07, 6.45) is -0.725. The van der Waals surface area contributed by atoms with Gasteiger partial charge in [0.05, 0.1) is 7.11 Å². The molecule has 0 radical (unpaired) electrons. The average Bonchev–Trinajstić information content (AvgIpc) is 1.81. The topological polar surface area (TPSA) is 116 Å². The Morgan fingerprint density at radius 2 is 1.64 bits per heavy atom. The molecule has 0 aromatic heterocycles. The second-order valence-corrected chi connectivity index (χ2v) is 4.32. The summed E-state index contributed by atoms with van der Waals surface area (Å²) in [7, 11) is -3.29. The van der Waals surface area contributed by atoms with Crippen molar-refractivity contribution in [2.45, 2.75) is 26.4 Å². The lowest BCUT2D eigenvalue weighted by Crippen LogP contribution is -2.27. The molecular formula is C6H15NO6S. The quantitative estimate of drug-likeness (QED) is 0.625. The van der Waals surface area contributed by atoms with Crippen LogP contribution in [0.3, 0.4) is 0 Å². The van der Waals surface area contributed by atoms with Gasteiger partial charge in [-0.15, -0.1) is 0 Å². The van der Waals surface area contributed by atoms with Crippen LogP contribution < -0.4 is 5.73 Å². The maximum Gasteiger partial charge on any atom is 0.405 e. The zero-order valence-electron chi connectivity index (χ0n) is 8.47. The first-order valence-electron chi connectivity index (χ1n) is 3.49. The number of amides is 1. The second kappa shape index (κ2) is 5.78. The van der Waals surface area contributed by atoms with Crippen LogP contribution in [0.1, 0.15) is 20.8 Å². The summed E-state index contributed by atoms with van der Waals surface area (Å²) in [5.41, 5.74) is 4.26. The fourth-order valence-electron chi connectivity index (χ4n) is 0.302. The Kier molecular flexibility index (Phi) is 6.45. The van der Waals surface area contributed by atoms with Gasteiger partial charge in [-0.2, -0.15) is 8.42 Å². The largest absolute Gasteiger partial charge is 0.444 e. The number of primary amides is 1. The van der Waals surface area contributed by atoms with E-state index in [0.29, 0.717) is 0 Å². The highest BCUT2D eigenvalue weighted by atomic mass is 32.3. The Bertz CT molecular complexity index is 265. The van der Waals surface area contributed by atoms with Gasteiger partial charge >= 0.3 is 16.5 Å². The molecule has 86 valence electrons. The zero-order chi connectivity index (χ0) is 12.0. The Morgan fingerprint density at radius 3 is 1.64 bits per heavy atom. The third-order valence-electron chi connectivity index (χ3n) is 0.617. The van der Waals surface area contributed by atoms with E-state index in [1.165, 1.54) is 0 Å². The predicted molar refractivity (Wildman–Crippen MR) is 49.0 cm³/mol. The molecule has 0 rings (SSSR count). The number of hydrogen-bond donors (Lipinski definition) is 2. The fourth-order valence-corrected chi connectivity index (χ4v) is 0.302. The minimum atomic E-state index is -4.16. The smallest absolute Gasteiger partial charge is 0.405 e. The van der Waals surface area contributed by atoms with E-state index in [9.17, 15) is 13.2 Å². The van der Waals surface area contributed by atoms with E-state index in [-0.39, 0.29) is 0 Å². The molecule has 0 aliphatic heterocycles. The van der Waals surface area contributed by atoms with Gasteiger partial charge in [-0.05, 0) is 20.8 Å². The van der Waals surface area contributed by atoms with Crippen molar-refractivity contribution in [3.63, 3.8) is 0 Å². The lowest BCUT2D eigenvalue weighted by Gasteiger charge is -2.16. The van der Waals surface area contributed by atoms with E-state index in [2.05, 4.69) is 8.92 Å². The summed E-state index contributed by atoms with van der Waals surface area (Å²) >= 11 is 0. The molecule has 0 saturated carbocycles. The van der Waals surface area contributed by atoms with Gasteiger partial charge in [-0.1, -0.05) is 0 Å². The summed E-state index contributed by atoms with van der Waals surface area (Å²) < 4.78 is 34.3. The van der Waals surface area contributed by atoms with E-state index in [1.54, 1.807) is 20.8 Å². The maximum absolute atomic E-state index is 10.0. The van der Waals surface area contributed by atoms with Gasteiger partial charge in [0.25, 0.3) is 0 Å². The van der Waals surface area contributed by atoms with Gasteiger partial charge in [0, 0.05) is 0 Å². The van der Waals surface area contributed by atoms with Gasteiger partial charge in [0.1, 0.15) is 5.60 Å². The standard InChI is InChI=1S/C5H11NO2.CH4O4S/c1-5(2,3)8-4(6)7;1-5-6(2,3)4/h1-3H3,(H2,6,7);1H3,(H,2,3,4). The highest BCUT2D eigenvalue weighted by Gasteiger charge is 2.12. The molecule has 0 bridgehead atoms. The van der Waals surface area contributed by atoms with Crippen molar-refractivity contribution in [3.05, 3.63) is 0 Å². The molecule has 3 N–H and O–H groups in total. The SMILES string of the molecule is CC(C)(C)OC(N)=O.COS(=O)(=O)O. The molecule has 0 fully saturated rings. The minimum Gasteiger partial charge on any atom is -0.444 e. The summed E-state index contributed by atoms with van der Waals surface area (Å²) in [4.78, 5) is 10.0. The monoisotopic (exact) mass is 229 g/mol.